The topological polar surface area (TPSA) is 136 Å². The van der Waals surface area contributed by atoms with E-state index in [0.29, 0.717) is 0 Å². The van der Waals surface area contributed by atoms with Crippen LogP contribution in [0.4, 0.5) is 5.69 Å². The number of sulfonamides is 1. The maximum absolute atomic E-state index is 12.6. The number of amides is 2. The smallest absolute Gasteiger partial charge is 0.326 e. The van der Waals surface area contributed by atoms with Crippen LogP contribution < -0.4 is 15.5 Å². The van der Waals surface area contributed by atoms with E-state index in [9.17, 15) is 27.9 Å². The van der Waals surface area contributed by atoms with Crippen molar-refractivity contribution in [1.82, 2.24) is 14.9 Å². The number of aryl methyl sites for hydroxylation is 1. The van der Waals surface area contributed by atoms with E-state index in [1.165, 1.54) is 19.2 Å². The first-order valence-electron chi connectivity index (χ1n) is 11.0. The Morgan fingerprint density at radius 3 is 2.09 bits per heavy atom. The maximum Gasteiger partial charge on any atom is 0.326 e. The van der Waals surface area contributed by atoms with Gasteiger partial charge in [0.1, 0.15) is 6.04 Å². The van der Waals surface area contributed by atoms with Gasteiger partial charge in [0.2, 0.25) is 21.8 Å². The second-order valence-electron chi connectivity index (χ2n) is 8.41. The molecule has 0 saturated carbocycles. The van der Waals surface area contributed by atoms with Crippen LogP contribution in [0.2, 0.25) is 0 Å². The average molecular weight is 505 g/mol. The van der Waals surface area contributed by atoms with Crippen molar-refractivity contribution in [2.24, 2.45) is 0 Å². The van der Waals surface area contributed by atoms with Crippen molar-refractivity contribution >= 4 is 33.5 Å². The summed E-state index contributed by atoms with van der Waals surface area (Å²) in [6, 6.07) is 12.5. The standard InChI is InChI=1S/C24H32N4O6S/c1-17-5-11-20(12-6-17)35(33,34)28(4)16-23(30)26-21(24(31)32)13-14-22(29)25-15-18-7-9-19(10-8-18)27(2)3/h5-12,21H,13-16H2,1-4H3,(H,25,29)(H,26,30)(H,31,32)/t21-/m0/s1. The van der Waals surface area contributed by atoms with E-state index in [1.54, 1.807) is 12.1 Å². The highest BCUT2D eigenvalue weighted by molar-refractivity contribution is 7.89. The van der Waals surface area contributed by atoms with Crippen LogP contribution in [0.1, 0.15) is 24.0 Å². The molecule has 10 nitrogen and oxygen atoms in total. The van der Waals surface area contributed by atoms with Gasteiger partial charge in [-0.1, -0.05) is 29.8 Å². The Balaban J connectivity index is 1.86. The minimum Gasteiger partial charge on any atom is -0.480 e. The Morgan fingerprint density at radius 2 is 1.54 bits per heavy atom. The summed E-state index contributed by atoms with van der Waals surface area (Å²) in [7, 11) is 1.18. The van der Waals surface area contributed by atoms with Crippen LogP contribution in [0.15, 0.2) is 53.4 Å². The van der Waals surface area contributed by atoms with Gasteiger partial charge in [-0.15, -0.1) is 0 Å². The highest BCUT2D eigenvalue weighted by Gasteiger charge is 2.26. The molecule has 0 spiro atoms. The van der Waals surface area contributed by atoms with Gasteiger partial charge in [-0.3, -0.25) is 9.59 Å². The molecule has 2 aromatic rings. The fourth-order valence-electron chi connectivity index (χ4n) is 3.15. The minimum atomic E-state index is -3.92. The predicted octanol–water partition coefficient (Wildman–Crippen LogP) is 1.35. The number of nitrogens with zero attached hydrogens (tertiary/aromatic N) is 2. The van der Waals surface area contributed by atoms with Gasteiger partial charge in [0, 0.05) is 39.8 Å². The molecular formula is C24H32N4O6S. The molecular weight excluding hydrogens is 472 g/mol. The molecule has 2 aromatic carbocycles. The summed E-state index contributed by atoms with van der Waals surface area (Å²) in [5, 5.41) is 14.4. The summed E-state index contributed by atoms with van der Waals surface area (Å²) >= 11 is 0. The van der Waals surface area contributed by atoms with E-state index in [-0.39, 0.29) is 30.2 Å². The van der Waals surface area contributed by atoms with Crippen LogP contribution in [0.3, 0.4) is 0 Å². The highest BCUT2D eigenvalue weighted by Crippen LogP contribution is 2.15. The number of likely N-dealkylation sites (N-methyl/N-ethyl adjacent to an activating group) is 1. The van der Waals surface area contributed by atoms with Gasteiger partial charge < -0.3 is 20.6 Å². The second-order valence-corrected chi connectivity index (χ2v) is 10.5. The summed E-state index contributed by atoms with van der Waals surface area (Å²) in [5.41, 5.74) is 2.81. The second kappa shape index (κ2) is 12.3. The first-order valence-corrected chi connectivity index (χ1v) is 12.4. The van der Waals surface area contributed by atoms with Crippen LogP contribution in [0.5, 0.6) is 0 Å². The van der Waals surface area contributed by atoms with Gasteiger partial charge in [-0.2, -0.15) is 4.31 Å². The number of anilines is 1. The van der Waals surface area contributed by atoms with Gasteiger partial charge >= 0.3 is 5.97 Å². The molecule has 0 aliphatic carbocycles. The summed E-state index contributed by atoms with van der Waals surface area (Å²) in [6.07, 6.45) is -0.258. The van der Waals surface area contributed by atoms with E-state index < -0.39 is 34.5 Å². The van der Waals surface area contributed by atoms with Gasteiger partial charge in [0.15, 0.2) is 0 Å². The molecule has 2 rings (SSSR count). The quantitative estimate of drug-likeness (QED) is 0.397. The summed E-state index contributed by atoms with van der Waals surface area (Å²) < 4.78 is 26.1. The van der Waals surface area contributed by atoms with Crippen LogP contribution in [0.25, 0.3) is 0 Å². The number of aliphatic carboxylic acids is 1. The monoisotopic (exact) mass is 504 g/mol. The van der Waals surface area contributed by atoms with Gasteiger partial charge in [0.25, 0.3) is 0 Å². The first-order chi connectivity index (χ1) is 16.4. The lowest BCUT2D eigenvalue weighted by atomic mass is 10.1. The average Bonchev–Trinajstić information content (AvgIpc) is 2.80. The molecule has 2 amide bonds. The Labute approximate surface area is 206 Å². The van der Waals surface area contributed by atoms with Gasteiger partial charge in [-0.05, 0) is 43.2 Å². The molecule has 0 heterocycles. The Kier molecular flexibility index (Phi) is 9.78. The lowest BCUT2D eigenvalue weighted by molar-refractivity contribution is -0.142. The largest absolute Gasteiger partial charge is 0.480 e. The van der Waals surface area contributed by atoms with E-state index >= 15 is 0 Å². The number of carboxylic acid groups (broad SMARTS) is 1. The zero-order chi connectivity index (χ0) is 26.2. The minimum absolute atomic E-state index is 0.0289. The van der Waals surface area contributed by atoms with Crippen LogP contribution in [0, 0.1) is 6.92 Å². The summed E-state index contributed by atoms with van der Waals surface area (Å²) in [5.74, 6) is -2.45. The number of carbonyl (C=O) groups is 3. The van der Waals surface area contributed by atoms with E-state index in [2.05, 4.69) is 10.6 Å². The molecule has 0 aromatic heterocycles. The zero-order valence-corrected chi connectivity index (χ0v) is 21.1. The number of hydrogen-bond acceptors (Lipinski definition) is 6. The first kappa shape index (κ1) is 27.8. The van der Waals surface area contributed by atoms with Gasteiger partial charge in [-0.25, -0.2) is 13.2 Å². The van der Waals surface area contributed by atoms with E-state index in [1.807, 2.05) is 50.2 Å². The molecule has 11 heteroatoms. The molecule has 0 fully saturated rings. The lowest BCUT2D eigenvalue weighted by Crippen LogP contribution is -2.46. The third-order valence-corrected chi connectivity index (χ3v) is 7.15. The molecule has 0 radical (unpaired) electrons. The predicted molar refractivity (Wildman–Crippen MR) is 132 cm³/mol. The van der Waals surface area contributed by atoms with Gasteiger partial charge in [0.05, 0.1) is 11.4 Å². The molecule has 3 N–H and O–H groups in total. The fraction of sp³-hybridized carbons (Fsp3) is 0.375. The number of hydrogen-bond donors (Lipinski definition) is 3. The maximum atomic E-state index is 12.6. The summed E-state index contributed by atoms with van der Waals surface area (Å²) in [4.78, 5) is 38.1. The summed E-state index contributed by atoms with van der Waals surface area (Å²) in [6.45, 7) is 1.55. The molecule has 0 unspecified atom stereocenters. The molecule has 0 aliphatic rings. The molecule has 0 aliphatic heterocycles. The lowest BCUT2D eigenvalue weighted by Gasteiger charge is -2.19. The Bertz CT molecular complexity index is 1130. The van der Waals surface area contributed by atoms with Crippen molar-refractivity contribution in [3.8, 4) is 0 Å². The van der Waals surface area contributed by atoms with E-state index in [0.717, 1.165) is 21.1 Å². The van der Waals surface area contributed by atoms with Crippen molar-refractivity contribution < 1.29 is 27.9 Å². The van der Waals surface area contributed by atoms with Crippen molar-refractivity contribution in [2.45, 2.75) is 37.2 Å². The van der Waals surface area contributed by atoms with Crippen LogP contribution >= 0.6 is 0 Å². The van der Waals surface area contributed by atoms with Crippen molar-refractivity contribution in [3.63, 3.8) is 0 Å². The van der Waals surface area contributed by atoms with Crippen molar-refractivity contribution in [3.05, 3.63) is 59.7 Å². The van der Waals surface area contributed by atoms with Crippen LogP contribution in [-0.4, -0.2) is 69.3 Å². The number of nitrogens with one attached hydrogen (secondary N) is 2. The molecule has 190 valence electrons. The Hall–Kier alpha value is -3.44. The number of rotatable bonds is 12. The number of carbonyl (C=O) groups excluding carboxylic acids is 2. The third kappa shape index (κ3) is 8.37. The number of carboxylic acids is 1. The van der Waals surface area contributed by atoms with E-state index in [4.69, 9.17) is 0 Å². The molecule has 35 heavy (non-hydrogen) atoms. The number of benzene rings is 2. The van der Waals surface area contributed by atoms with Crippen LogP contribution in [-0.2, 0) is 31.0 Å². The third-order valence-electron chi connectivity index (χ3n) is 5.33. The molecule has 1 atom stereocenters. The van der Waals surface area contributed by atoms with Crippen molar-refractivity contribution in [2.75, 3.05) is 32.6 Å². The molecule has 0 bridgehead atoms. The normalized spacial score (nSPS) is 12.1. The van der Waals surface area contributed by atoms with Crippen molar-refractivity contribution in [1.29, 1.82) is 0 Å². The molecule has 0 saturated heterocycles. The zero-order valence-electron chi connectivity index (χ0n) is 20.3. The fourth-order valence-corrected chi connectivity index (χ4v) is 4.28. The Morgan fingerprint density at radius 1 is 0.943 bits per heavy atom. The highest BCUT2D eigenvalue weighted by atomic mass is 32.2. The SMILES string of the molecule is Cc1ccc(S(=O)(=O)N(C)CC(=O)N[C@@H](CCC(=O)NCc2ccc(N(C)C)cc2)C(=O)O)cc1.